The van der Waals surface area contributed by atoms with Crippen LogP contribution in [0.5, 0.6) is 0 Å². The maximum absolute atomic E-state index is 13.4. The fourth-order valence-electron chi connectivity index (χ4n) is 3.34. The van der Waals surface area contributed by atoms with Crippen LogP contribution in [-0.2, 0) is 0 Å². The van der Waals surface area contributed by atoms with Crippen LogP contribution in [0.2, 0.25) is 0 Å². The number of benzene rings is 1. The molecule has 0 aliphatic carbocycles. The zero-order valence-corrected chi connectivity index (χ0v) is 18.7. The van der Waals surface area contributed by atoms with E-state index in [4.69, 9.17) is 5.41 Å². The van der Waals surface area contributed by atoms with Gasteiger partial charge in [-0.3, -0.25) is 10.2 Å². The number of hydrogen-bond acceptors (Lipinski definition) is 8. The van der Waals surface area contributed by atoms with Gasteiger partial charge in [0.05, 0.1) is 23.5 Å². The van der Waals surface area contributed by atoms with Crippen LogP contribution in [0.1, 0.15) is 31.5 Å². The third-order valence-electron chi connectivity index (χ3n) is 5.12. The van der Waals surface area contributed by atoms with E-state index in [1.807, 2.05) is 31.2 Å². The van der Waals surface area contributed by atoms with E-state index in [9.17, 15) is 4.79 Å². The number of nitrogens with one attached hydrogen (secondary N) is 3. The number of likely N-dealkylation sites (N-methyl/N-ethyl adjacent to an activating group) is 1. The van der Waals surface area contributed by atoms with Crippen molar-refractivity contribution in [3.05, 3.63) is 54.0 Å². The number of amides is 1. The lowest BCUT2D eigenvalue weighted by atomic mass is 10.0. The van der Waals surface area contributed by atoms with Gasteiger partial charge in [0, 0.05) is 38.5 Å². The van der Waals surface area contributed by atoms with E-state index in [-0.39, 0.29) is 25.0 Å². The number of hydrazone groups is 1. The van der Waals surface area contributed by atoms with Crippen molar-refractivity contribution < 1.29 is 6.22 Å². The summed E-state index contributed by atoms with van der Waals surface area (Å²) < 4.78 is 0. The molecule has 0 aliphatic heterocycles. The molecule has 2 heterocycles. The first-order valence-electron chi connectivity index (χ1n) is 10.4. The molecule has 9 nitrogen and oxygen atoms in total. The minimum atomic E-state index is -0.221. The first-order chi connectivity index (χ1) is 15.4. The van der Waals surface area contributed by atoms with Crippen LogP contribution in [0.25, 0.3) is 10.9 Å². The smallest absolute Gasteiger partial charge is 0.274 e. The zero-order chi connectivity index (χ0) is 23.1. The molecule has 0 radical (unpaired) electrons. The molecular weight excluding hydrogens is 404 g/mol. The highest BCUT2D eigenvalue weighted by Crippen LogP contribution is 2.20. The number of rotatable bonds is 9. The van der Waals surface area contributed by atoms with Gasteiger partial charge in [-0.25, -0.2) is 15.0 Å². The minimum absolute atomic E-state index is 0. The van der Waals surface area contributed by atoms with E-state index < -0.39 is 0 Å². The lowest BCUT2D eigenvalue weighted by Gasteiger charge is -2.31. The molecule has 32 heavy (non-hydrogen) atoms. The summed E-state index contributed by atoms with van der Waals surface area (Å²) in [5, 5.41) is 15.2. The number of carbonyl (C=O) groups is 1. The van der Waals surface area contributed by atoms with Gasteiger partial charge in [0.15, 0.2) is 5.69 Å². The summed E-state index contributed by atoms with van der Waals surface area (Å²) in [4.78, 5) is 28.4. The second kappa shape index (κ2) is 10.4. The SMILES string of the molecule is Cc1ccc(N/N=C\C=N)c(C(=O)N(C)[C@H](CNc2ncc3ccccc3n2)C(C)C)n1.[HH]. The highest BCUT2D eigenvalue weighted by atomic mass is 16.2. The highest BCUT2D eigenvalue weighted by molar-refractivity contribution is 6.14. The molecular formula is C23H30N8O. The van der Waals surface area contributed by atoms with E-state index in [0.29, 0.717) is 18.2 Å². The summed E-state index contributed by atoms with van der Waals surface area (Å²) in [6.45, 7) is 6.45. The van der Waals surface area contributed by atoms with Crippen LogP contribution in [-0.4, -0.2) is 57.8 Å². The van der Waals surface area contributed by atoms with Gasteiger partial charge in [-0.15, -0.1) is 0 Å². The molecule has 9 heteroatoms. The lowest BCUT2D eigenvalue weighted by Crippen LogP contribution is -2.45. The molecule has 3 N–H and O–H groups in total. The topological polar surface area (TPSA) is 119 Å². The Hall–Kier alpha value is -3.88. The predicted octanol–water partition coefficient (Wildman–Crippen LogP) is 3.84. The second-order valence-electron chi connectivity index (χ2n) is 7.77. The molecule has 0 unspecified atom stereocenters. The molecule has 0 saturated heterocycles. The Morgan fingerprint density at radius 2 is 2.03 bits per heavy atom. The van der Waals surface area contributed by atoms with Crippen LogP contribution in [0.3, 0.4) is 0 Å². The summed E-state index contributed by atoms with van der Waals surface area (Å²) in [6.07, 6.45) is 4.13. The van der Waals surface area contributed by atoms with E-state index in [1.54, 1.807) is 30.3 Å². The Labute approximate surface area is 189 Å². The zero-order valence-electron chi connectivity index (χ0n) is 18.7. The average molecular weight is 435 g/mol. The van der Waals surface area contributed by atoms with Crippen molar-refractivity contribution in [1.82, 2.24) is 19.9 Å². The van der Waals surface area contributed by atoms with Gasteiger partial charge in [-0.2, -0.15) is 5.10 Å². The lowest BCUT2D eigenvalue weighted by molar-refractivity contribution is 0.0695. The van der Waals surface area contributed by atoms with Crippen molar-refractivity contribution in [3.8, 4) is 0 Å². The Bertz CT molecular complexity index is 1130. The second-order valence-corrected chi connectivity index (χ2v) is 7.77. The first kappa shape index (κ1) is 22.8. The quantitative estimate of drug-likeness (QED) is 0.348. The Morgan fingerprint density at radius 3 is 2.78 bits per heavy atom. The molecule has 0 aliphatic rings. The standard InChI is InChI=1S/C23H28N8O.H2/c1-15(2)20(14-26-23-25-13-17-7-5-6-8-18(17)29-23)31(4)22(32)21-19(30-27-12-11-24)10-9-16(3)28-21;/h5-13,15,20,24,30H,14H2,1-4H3,(H,25,26,29);1H/b24-11?,27-12-;/t20-;/m1./s1. The molecule has 1 amide bonds. The van der Waals surface area contributed by atoms with Crippen LogP contribution >= 0.6 is 0 Å². The molecule has 3 rings (SSSR count). The molecule has 168 valence electrons. The summed E-state index contributed by atoms with van der Waals surface area (Å²) in [5.41, 5.74) is 5.15. The number of anilines is 2. The van der Waals surface area contributed by atoms with E-state index in [2.05, 4.69) is 44.6 Å². The number of para-hydroxylation sites is 1. The number of fused-ring (bicyclic) bond motifs is 1. The number of aromatic nitrogens is 3. The molecule has 1 atom stereocenters. The van der Waals surface area contributed by atoms with Crippen molar-refractivity contribution in [1.29, 1.82) is 5.41 Å². The van der Waals surface area contributed by atoms with Gasteiger partial charge in [0.2, 0.25) is 5.95 Å². The molecule has 0 spiro atoms. The van der Waals surface area contributed by atoms with Crippen LogP contribution in [0.15, 0.2) is 47.7 Å². The number of hydrogen-bond donors (Lipinski definition) is 3. The van der Waals surface area contributed by atoms with E-state index >= 15 is 0 Å². The molecule has 0 bridgehead atoms. The van der Waals surface area contributed by atoms with Crippen LogP contribution < -0.4 is 10.7 Å². The molecule has 0 saturated carbocycles. The normalized spacial score (nSPS) is 12.2. The van der Waals surface area contributed by atoms with Crippen LogP contribution in [0.4, 0.5) is 11.6 Å². The fraction of sp³-hybridized carbons (Fsp3) is 0.304. The number of carbonyl (C=O) groups excluding carboxylic acids is 1. The maximum atomic E-state index is 13.4. The monoisotopic (exact) mass is 434 g/mol. The highest BCUT2D eigenvalue weighted by Gasteiger charge is 2.27. The van der Waals surface area contributed by atoms with Gasteiger partial charge >= 0.3 is 0 Å². The maximum Gasteiger partial charge on any atom is 0.274 e. The molecule has 2 aromatic heterocycles. The summed E-state index contributed by atoms with van der Waals surface area (Å²) in [7, 11) is 1.77. The van der Waals surface area contributed by atoms with Gasteiger partial charge in [0.25, 0.3) is 5.91 Å². The van der Waals surface area contributed by atoms with E-state index in [0.717, 1.165) is 22.8 Å². The summed E-state index contributed by atoms with van der Waals surface area (Å²) in [5.74, 6) is 0.474. The van der Waals surface area contributed by atoms with Gasteiger partial charge < -0.3 is 15.6 Å². The van der Waals surface area contributed by atoms with E-state index in [1.165, 1.54) is 6.21 Å². The van der Waals surface area contributed by atoms with Crippen molar-refractivity contribution in [3.63, 3.8) is 0 Å². The third-order valence-corrected chi connectivity index (χ3v) is 5.12. The number of aryl methyl sites for hydroxylation is 1. The molecule has 1 aromatic carbocycles. The Morgan fingerprint density at radius 1 is 1.25 bits per heavy atom. The molecule has 0 fully saturated rings. The average Bonchev–Trinajstić information content (AvgIpc) is 2.79. The Balaban J connectivity index is 0.00000385. The number of nitrogens with zero attached hydrogens (tertiary/aromatic N) is 5. The number of pyridine rings is 1. The summed E-state index contributed by atoms with van der Waals surface area (Å²) >= 11 is 0. The van der Waals surface area contributed by atoms with Gasteiger partial charge in [0.1, 0.15) is 0 Å². The van der Waals surface area contributed by atoms with Gasteiger partial charge in [-0.05, 0) is 31.0 Å². The van der Waals surface area contributed by atoms with Crippen molar-refractivity contribution in [2.45, 2.75) is 26.8 Å². The van der Waals surface area contributed by atoms with Gasteiger partial charge in [-0.1, -0.05) is 32.0 Å². The largest absolute Gasteiger partial charge is 0.352 e. The van der Waals surface area contributed by atoms with Crippen LogP contribution in [0, 0.1) is 18.3 Å². The van der Waals surface area contributed by atoms with Crippen molar-refractivity contribution in [2.75, 3.05) is 24.3 Å². The first-order valence-corrected chi connectivity index (χ1v) is 10.4. The predicted molar refractivity (Wildman–Crippen MR) is 131 cm³/mol. The fourth-order valence-corrected chi connectivity index (χ4v) is 3.34. The Kier molecular flexibility index (Phi) is 7.43. The van der Waals surface area contributed by atoms with Crippen molar-refractivity contribution >= 4 is 40.9 Å². The third kappa shape index (κ3) is 5.42. The van der Waals surface area contributed by atoms with Crippen molar-refractivity contribution in [2.24, 2.45) is 11.0 Å². The summed E-state index contributed by atoms with van der Waals surface area (Å²) in [6, 6.07) is 11.2. The minimum Gasteiger partial charge on any atom is -0.352 e. The molecule has 3 aromatic rings.